The lowest BCUT2D eigenvalue weighted by Crippen LogP contribution is -2.36. The summed E-state index contributed by atoms with van der Waals surface area (Å²) in [6.07, 6.45) is 1.47. The van der Waals surface area contributed by atoms with E-state index in [9.17, 15) is 19.2 Å². The minimum absolute atomic E-state index is 0.146. The first kappa shape index (κ1) is 36.8. The largest absolute Gasteiger partial charge is 0.449 e. The maximum atomic E-state index is 12.2. The van der Waals surface area contributed by atoms with Gasteiger partial charge in [0.2, 0.25) is 5.91 Å². The third-order valence-electron chi connectivity index (χ3n) is 7.46. The van der Waals surface area contributed by atoms with E-state index in [1.54, 1.807) is 12.1 Å². The van der Waals surface area contributed by atoms with Crippen LogP contribution in [-0.4, -0.2) is 57.5 Å². The van der Waals surface area contributed by atoms with Gasteiger partial charge in [0.15, 0.2) is 0 Å². The van der Waals surface area contributed by atoms with Gasteiger partial charge in [-0.2, -0.15) is 0 Å². The monoisotopic (exact) mass is 680 g/mol. The number of urea groups is 1. The molecule has 50 heavy (non-hydrogen) atoms. The number of carbonyl (C=O) groups is 4. The first-order valence-corrected chi connectivity index (χ1v) is 16.5. The van der Waals surface area contributed by atoms with E-state index in [1.807, 2.05) is 79.8 Å². The molecule has 6 N–H and O–H groups in total. The van der Waals surface area contributed by atoms with Crippen molar-refractivity contribution in [1.82, 2.24) is 10.6 Å². The van der Waals surface area contributed by atoms with Crippen LogP contribution in [0.15, 0.2) is 97.1 Å². The van der Waals surface area contributed by atoms with Crippen LogP contribution >= 0.6 is 0 Å². The average Bonchev–Trinajstić information content (AvgIpc) is 3.11. The van der Waals surface area contributed by atoms with Gasteiger partial charge in [0.25, 0.3) is 0 Å². The van der Waals surface area contributed by atoms with Crippen molar-refractivity contribution in [2.45, 2.75) is 32.6 Å². The Hall–Kier alpha value is -6.04. The molecule has 0 aromatic heterocycles. The number of unbranched alkanes of at least 4 members (excludes halogenated alkanes) is 1. The molecule has 262 valence electrons. The molecule has 0 aliphatic heterocycles. The molecule has 0 fully saturated rings. The van der Waals surface area contributed by atoms with Gasteiger partial charge in [-0.1, -0.05) is 48.5 Å². The lowest BCUT2D eigenvalue weighted by Gasteiger charge is -2.10. The normalized spacial score (nSPS) is 10.4. The highest BCUT2D eigenvalue weighted by Crippen LogP contribution is 2.18. The molecule has 0 heterocycles. The van der Waals surface area contributed by atoms with Crippen molar-refractivity contribution < 1.29 is 28.7 Å². The van der Waals surface area contributed by atoms with Gasteiger partial charge < -0.3 is 30.7 Å². The van der Waals surface area contributed by atoms with Gasteiger partial charge in [-0.15, -0.1) is 0 Å². The maximum absolute atomic E-state index is 12.2. The second-order valence-corrected chi connectivity index (χ2v) is 11.5. The molecule has 0 spiro atoms. The maximum Gasteiger partial charge on any atom is 0.411 e. The van der Waals surface area contributed by atoms with Gasteiger partial charge in [0.05, 0.1) is 13.2 Å². The Labute approximate surface area is 292 Å². The lowest BCUT2D eigenvalue weighted by molar-refractivity contribution is -0.118. The molecule has 0 saturated heterocycles. The van der Waals surface area contributed by atoms with Gasteiger partial charge >= 0.3 is 18.2 Å². The molecule has 4 aromatic carbocycles. The Morgan fingerprint density at radius 3 is 1.24 bits per heavy atom. The fourth-order valence-corrected chi connectivity index (χ4v) is 4.81. The number of anilines is 4. The fourth-order valence-electron chi connectivity index (χ4n) is 4.81. The van der Waals surface area contributed by atoms with Crippen LogP contribution in [0.2, 0.25) is 0 Å². The van der Waals surface area contributed by atoms with Crippen molar-refractivity contribution in [3.8, 4) is 0 Å². The molecule has 0 atom stereocenters. The molecular formula is C38H44N6O6. The van der Waals surface area contributed by atoms with Crippen molar-refractivity contribution >= 4 is 46.9 Å². The Balaban J connectivity index is 1.05. The third kappa shape index (κ3) is 13.6. The summed E-state index contributed by atoms with van der Waals surface area (Å²) in [5, 5.41) is 16.6. The van der Waals surface area contributed by atoms with Crippen LogP contribution in [0, 0.1) is 0 Å². The second kappa shape index (κ2) is 19.7. The van der Waals surface area contributed by atoms with Crippen molar-refractivity contribution in [2.75, 3.05) is 54.6 Å². The highest BCUT2D eigenvalue weighted by molar-refractivity contribution is 5.89. The molecule has 12 nitrogen and oxygen atoms in total. The summed E-state index contributed by atoms with van der Waals surface area (Å²) >= 11 is 0. The van der Waals surface area contributed by atoms with Crippen LogP contribution < -0.4 is 31.9 Å². The smallest absolute Gasteiger partial charge is 0.411 e. The fraction of sp³-hybridized carbons (Fsp3) is 0.263. The first-order chi connectivity index (χ1) is 24.2. The summed E-state index contributed by atoms with van der Waals surface area (Å²) in [6.45, 7) is 2.51. The number of benzene rings is 4. The van der Waals surface area contributed by atoms with E-state index in [0.717, 1.165) is 28.8 Å². The van der Waals surface area contributed by atoms with E-state index in [-0.39, 0.29) is 25.2 Å². The molecule has 12 heteroatoms. The van der Waals surface area contributed by atoms with Crippen molar-refractivity contribution in [2.24, 2.45) is 0 Å². The van der Waals surface area contributed by atoms with Crippen molar-refractivity contribution in [3.63, 3.8) is 0 Å². The van der Waals surface area contributed by atoms with E-state index in [0.29, 0.717) is 49.4 Å². The summed E-state index contributed by atoms with van der Waals surface area (Å²) in [6, 6.07) is 30.5. The van der Waals surface area contributed by atoms with E-state index in [4.69, 9.17) is 9.47 Å². The Morgan fingerprint density at radius 2 is 0.860 bits per heavy atom. The Morgan fingerprint density at radius 1 is 0.500 bits per heavy atom. The number of amides is 5. The van der Waals surface area contributed by atoms with Gasteiger partial charge in [-0.3, -0.25) is 15.4 Å². The minimum atomic E-state index is -0.558. The molecule has 0 unspecified atom stereocenters. The first-order valence-electron chi connectivity index (χ1n) is 16.5. The standard InChI is InChI=1S/C38H44N6O6/c1-27(45)40-21-22-41-36(46)42-33-15-7-29(8-16-33)26-31-11-19-35(20-12-31)44-38(48)50-24-4-3-23-49-37(47)43-34-17-9-30(10-18-34)25-28-5-13-32(39-2)14-6-28/h5-20,39H,3-4,21-26H2,1-2H3,(H,40,45)(H,43,47)(H,44,48)(H2,41,42,46). The molecule has 0 aliphatic rings. The topological polar surface area (TPSA) is 159 Å². The minimum Gasteiger partial charge on any atom is -0.449 e. The Kier molecular flexibility index (Phi) is 14.5. The van der Waals surface area contributed by atoms with Crippen LogP contribution in [0.4, 0.5) is 37.1 Å². The zero-order chi connectivity index (χ0) is 35.6. The van der Waals surface area contributed by atoms with E-state index >= 15 is 0 Å². The predicted molar refractivity (Wildman–Crippen MR) is 196 cm³/mol. The van der Waals surface area contributed by atoms with Gasteiger partial charge in [-0.05, 0) is 96.5 Å². The quantitative estimate of drug-likeness (QED) is 0.0715. The summed E-state index contributed by atoms with van der Waals surface area (Å²) < 4.78 is 10.5. The van der Waals surface area contributed by atoms with Gasteiger partial charge in [-0.25, -0.2) is 14.4 Å². The van der Waals surface area contributed by atoms with Gasteiger partial charge in [0.1, 0.15) is 0 Å². The molecule has 5 amide bonds. The summed E-state index contributed by atoms with van der Waals surface area (Å²) in [4.78, 5) is 47.2. The number of hydrogen-bond donors (Lipinski definition) is 6. The van der Waals surface area contributed by atoms with Gasteiger partial charge in [0, 0.05) is 49.8 Å². The van der Waals surface area contributed by atoms with Crippen LogP contribution in [0.3, 0.4) is 0 Å². The second-order valence-electron chi connectivity index (χ2n) is 11.5. The molecular weight excluding hydrogens is 636 g/mol. The van der Waals surface area contributed by atoms with E-state index < -0.39 is 12.2 Å². The summed E-state index contributed by atoms with van der Waals surface area (Å²) in [5.41, 5.74) is 7.43. The molecule has 0 aliphatic carbocycles. The number of rotatable bonds is 16. The summed E-state index contributed by atoms with van der Waals surface area (Å²) in [5.74, 6) is -0.146. The zero-order valence-electron chi connectivity index (χ0n) is 28.3. The van der Waals surface area contributed by atoms with Crippen LogP contribution in [-0.2, 0) is 27.1 Å². The highest BCUT2D eigenvalue weighted by atomic mass is 16.6. The SMILES string of the molecule is CNc1ccc(Cc2ccc(NC(=O)OCCCCOC(=O)Nc3ccc(Cc4ccc(NC(=O)NCCNC(C)=O)cc4)cc3)cc2)cc1. The summed E-state index contributed by atoms with van der Waals surface area (Å²) in [7, 11) is 1.89. The molecule has 0 saturated carbocycles. The zero-order valence-corrected chi connectivity index (χ0v) is 28.3. The van der Waals surface area contributed by atoms with Crippen LogP contribution in [0.5, 0.6) is 0 Å². The molecule has 4 rings (SSSR count). The van der Waals surface area contributed by atoms with E-state index in [2.05, 4.69) is 44.0 Å². The number of ether oxygens (including phenoxy) is 2. The average molecular weight is 681 g/mol. The van der Waals surface area contributed by atoms with Crippen molar-refractivity contribution in [1.29, 1.82) is 0 Å². The lowest BCUT2D eigenvalue weighted by atomic mass is 10.0. The van der Waals surface area contributed by atoms with E-state index in [1.165, 1.54) is 12.5 Å². The predicted octanol–water partition coefficient (Wildman–Crippen LogP) is 6.74. The third-order valence-corrected chi connectivity index (χ3v) is 7.46. The molecule has 0 radical (unpaired) electrons. The highest BCUT2D eigenvalue weighted by Gasteiger charge is 2.07. The molecule has 4 aromatic rings. The molecule has 0 bridgehead atoms. The van der Waals surface area contributed by atoms with Crippen molar-refractivity contribution in [3.05, 3.63) is 119 Å². The Bertz CT molecular complexity index is 1680. The number of carbonyl (C=O) groups excluding carboxylic acids is 4. The number of hydrogen-bond acceptors (Lipinski definition) is 7. The number of nitrogens with one attached hydrogen (secondary N) is 6. The van der Waals surface area contributed by atoms with Crippen LogP contribution in [0.1, 0.15) is 42.0 Å². The van der Waals surface area contributed by atoms with Crippen LogP contribution in [0.25, 0.3) is 0 Å².